The van der Waals surface area contributed by atoms with Gasteiger partial charge in [0.2, 0.25) is 0 Å². The third kappa shape index (κ3) is 6.49. The molecule has 34 heavy (non-hydrogen) atoms. The molecule has 0 saturated heterocycles. The van der Waals surface area contributed by atoms with E-state index in [0.29, 0.717) is 36.0 Å². The van der Waals surface area contributed by atoms with Gasteiger partial charge in [0.25, 0.3) is 5.91 Å². The molecule has 3 aromatic rings. The smallest absolute Gasteiger partial charge is 0.266 e. The molecule has 0 bridgehead atoms. The molecule has 1 amide bonds. The van der Waals surface area contributed by atoms with E-state index in [9.17, 15) is 10.1 Å². The third-order valence-electron chi connectivity index (χ3n) is 5.26. The number of carbonyl (C=O) groups excluding carboxylic acids is 1. The summed E-state index contributed by atoms with van der Waals surface area (Å²) in [6.45, 7) is 10.8. The fourth-order valence-electron chi connectivity index (χ4n) is 3.69. The minimum absolute atomic E-state index is 0.00672. The first-order chi connectivity index (χ1) is 16.3. The lowest BCUT2D eigenvalue weighted by molar-refractivity contribution is -0.112. The van der Waals surface area contributed by atoms with E-state index in [1.54, 1.807) is 18.2 Å². The highest BCUT2D eigenvalue weighted by Crippen LogP contribution is 2.30. The van der Waals surface area contributed by atoms with Crippen LogP contribution in [0.2, 0.25) is 0 Å². The molecule has 5 heteroatoms. The van der Waals surface area contributed by atoms with Crippen molar-refractivity contribution in [3.05, 3.63) is 93.6 Å². The topological polar surface area (TPSA) is 71.3 Å². The summed E-state index contributed by atoms with van der Waals surface area (Å²) in [4.78, 5) is 12.7. The quantitative estimate of drug-likeness (QED) is 0.314. The van der Waals surface area contributed by atoms with Crippen molar-refractivity contribution in [1.82, 2.24) is 0 Å². The van der Waals surface area contributed by atoms with Crippen molar-refractivity contribution in [2.45, 2.75) is 41.2 Å². The molecule has 1 N–H and O–H groups in total. The zero-order valence-electron chi connectivity index (χ0n) is 20.4. The number of benzene rings is 3. The van der Waals surface area contributed by atoms with Crippen LogP contribution < -0.4 is 14.8 Å². The van der Waals surface area contributed by atoms with Crippen molar-refractivity contribution in [2.24, 2.45) is 0 Å². The number of ether oxygens (including phenoxy) is 2. The molecule has 3 aromatic carbocycles. The molecule has 0 fully saturated rings. The monoisotopic (exact) mass is 454 g/mol. The van der Waals surface area contributed by atoms with Crippen LogP contribution in [-0.2, 0) is 11.4 Å². The highest BCUT2D eigenvalue weighted by atomic mass is 16.5. The maximum atomic E-state index is 12.7. The molecule has 174 valence electrons. The Bertz CT molecular complexity index is 1250. The van der Waals surface area contributed by atoms with E-state index >= 15 is 0 Å². The van der Waals surface area contributed by atoms with Crippen LogP contribution in [0.5, 0.6) is 11.5 Å². The predicted octanol–water partition coefficient (Wildman–Crippen LogP) is 6.44. The van der Waals surface area contributed by atoms with Crippen LogP contribution in [0.1, 0.15) is 40.3 Å². The van der Waals surface area contributed by atoms with Gasteiger partial charge in [0.15, 0.2) is 11.5 Å². The minimum Gasteiger partial charge on any atom is -0.490 e. The largest absolute Gasteiger partial charge is 0.490 e. The van der Waals surface area contributed by atoms with E-state index in [-0.39, 0.29) is 5.57 Å². The SMILES string of the molecule is CCOc1cc(/C=C(\C#N)C(=O)Nc2cc(C)ccc2C)ccc1OCc1cc(C)cc(C)c1. The van der Waals surface area contributed by atoms with Crippen molar-refractivity contribution in [1.29, 1.82) is 5.26 Å². The van der Waals surface area contributed by atoms with Crippen LogP contribution in [0.4, 0.5) is 5.69 Å². The fraction of sp³-hybridized carbons (Fsp3) is 0.241. The van der Waals surface area contributed by atoms with E-state index < -0.39 is 5.91 Å². The molecule has 0 spiro atoms. The molecule has 0 atom stereocenters. The lowest BCUT2D eigenvalue weighted by Crippen LogP contribution is -2.14. The predicted molar refractivity (Wildman–Crippen MR) is 136 cm³/mol. The normalized spacial score (nSPS) is 11.0. The van der Waals surface area contributed by atoms with E-state index in [1.807, 2.05) is 51.1 Å². The van der Waals surface area contributed by atoms with Crippen LogP contribution >= 0.6 is 0 Å². The molecule has 0 heterocycles. The van der Waals surface area contributed by atoms with Gasteiger partial charge in [0.05, 0.1) is 6.61 Å². The summed E-state index contributed by atoms with van der Waals surface area (Å²) >= 11 is 0. The standard InChI is InChI=1S/C29H30N2O3/c1-6-33-28-16-23(9-10-27(28)34-18-24-12-20(3)11-21(4)13-24)15-25(17-30)29(32)31-26-14-19(2)7-8-22(26)5/h7-16H,6,18H2,1-5H3,(H,31,32)/b25-15+. The maximum Gasteiger partial charge on any atom is 0.266 e. The second-order valence-corrected chi connectivity index (χ2v) is 8.37. The zero-order valence-corrected chi connectivity index (χ0v) is 20.4. The number of amides is 1. The molecule has 0 unspecified atom stereocenters. The number of carbonyl (C=O) groups is 1. The molecule has 5 nitrogen and oxygen atoms in total. The Morgan fingerprint density at radius 3 is 2.32 bits per heavy atom. The molecule has 0 aliphatic rings. The van der Waals surface area contributed by atoms with Gasteiger partial charge in [-0.25, -0.2) is 0 Å². The number of nitrogens with one attached hydrogen (secondary N) is 1. The summed E-state index contributed by atoms with van der Waals surface area (Å²) in [5.41, 5.74) is 6.79. The Morgan fingerprint density at radius 2 is 1.65 bits per heavy atom. The maximum absolute atomic E-state index is 12.7. The van der Waals surface area contributed by atoms with Gasteiger partial charge in [0.1, 0.15) is 18.2 Å². The summed E-state index contributed by atoms with van der Waals surface area (Å²) in [6, 6.07) is 19.5. The first-order valence-electron chi connectivity index (χ1n) is 11.3. The van der Waals surface area contributed by atoms with Crippen molar-refractivity contribution in [3.8, 4) is 17.6 Å². The van der Waals surface area contributed by atoms with Crippen molar-refractivity contribution < 1.29 is 14.3 Å². The highest BCUT2D eigenvalue weighted by molar-refractivity contribution is 6.10. The minimum atomic E-state index is -0.454. The zero-order chi connectivity index (χ0) is 24.7. The molecule has 0 saturated carbocycles. The molecule has 0 radical (unpaired) electrons. The number of aryl methyl sites for hydroxylation is 4. The Labute approximate surface area is 201 Å². The van der Waals surface area contributed by atoms with Crippen LogP contribution in [0, 0.1) is 39.0 Å². The first kappa shape index (κ1) is 24.6. The highest BCUT2D eigenvalue weighted by Gasteiger charge is 2.13. The Balaban J connectivity index is 1.81. The molecule has 0 aliphatic heterocycles. The molecular formula is C29H30N2O3. The summed E-state index contributed by atoms with van der Waals surface area (Å²) in [5.74, 6) is 0.716. The average molecular weight is 455 g/mol. The number of anilines is 1. The van der Waals surface area contributed by atoms with Gasteiger partial charge in [-0.05, 0) is 81.1 Å². The van der Waals surface area contributed by atoms with Gasteiger partial charge < -0.3 is 14.8 Å². The Hall–Kier alpha value is -4.04. The first-order valence-corrected chi connectivity index (χ1v) is 11.3. The second-order valence-electron chi connectivity index (χ2n) is 8.37. The summed E-state index contributed by atoms with van der Waals surface area (Å²) in [6.07, 6.45) is 1.55. The van der Waals surface area contributed by atoms with E-state index in [2.05, 4.69) is 37.4 Å². The van der Waals surface area contributed by atoms with Gasteiger partial charge in [-0.15, -0.1) is 0 Å². The van der Waals surface area contributed by atoms with Crippen LogP contribution in [0.3, 0.4) is 0 Å². The fourth-order valence-corrected chi connectivity index (χ4v) is 3.69. The van der Waals surface area contributed by atoms with Gasteiger partial charge in [-0.3, -0.25) is 4.79 Å². The molecule has 0 aliphatic carbocycles. The number of hydrogen-bond acceptors (Lipinski definition) is 4. The number of rotatable bonds is 8. The van der Waals surface area contributed by atoms with Crippen molar-refractivity contribution in [3.63, 3.8) is 0 Å². The van der Waals surface area contributed by atoms with Crippen molar-refractivity contribution >= 4 is 17.7 Å². The van der Waals surface area contributed by atoms with E-state index in [0.717, 1.165) is 16.7 Å². The van der Waals surface area contributed by atoms with Crippen LogP contribution in [0.25, 0.3) is 6.08 Å². The average Bonchev–Trinajstić information content (AvgIpc) is 2.79. The summed E-state index contributed by atoms with van der Waals surface area (Å²) < 4.78 is 11.8. The summed E-state index contributed by atoms with van der Waals surface area (Å²) in [5, 5.41) is 12.4. The third-order valence-corrected chi connectivity index (χ3v) is 5.26. The summed E-state index contributed by atoms with van der Waals surface area (Å²) in [7, 11) is 0. The van der Waals surface area contributed by atoms with Crippen LogP contribution in [-0.4, -0.2) is 12.5 Å². The van der Waals surface area contributed by atoms with Gasteiger partial charge in [-0.1, -0.05) is 47.5 Å². The van der Waals surface area contributed by atoms with Gasteiger partial charge >= 0.3 is 0 Å². The lowest BCUT2D eigenvalue weighted by atomic mass is 10.1. The van der Waals surface area contributed by atoms with Crippen LogP contribution in [0.15, 0.2) is 60.2 Å². The van der Waals surface area contributed by atoms with Crippen molar-refractivity contribution in [2.75, 3.05) is 11.9 Å². The molecule has 3 rings (SSSR count). The second kappa shape index (κ2) is 11.2. The molecular weight excluding hydrogens is 424 g/mol. The van der Waals surface area contributed by atoms with E-state index in [4.69, 9.17) is 9.47 Å². The number of nitrogens with zero attached hydrogens (tertiary/aromatic N) is 1. The lowest BCUT2D eigenvalue weighted by Gasteiger charge is -2.14. The Kier molecular flexibility index (Phi) is 8.10. The number of nitriles is 1. The van der Waals surface area contributed by atoms with E-state index in [1.165, 1.54) is 11.1 Å². The van der Waals surface area contributed by atoms with Gasteiger partial charge in [0, 0.05) is 5.69 Å². The molecule has 0 aromatic heterocycles. The number of hydrogen-bond donors (Lipinski definition) is 1. The van der Waals surface area contributed by atoms with Gasteiger partial charge in [-0.2, -0.15) is 5.26 Å². The Morgan fingerprint density at radius 1 is 0.912 bits per heavy atom.